The van der Waals surface area contributed by atoms with Crippen molar-refractivity contribution >= 4 is 5.91 Å². The van der Waals surface area contributed by atoms with Gasteiger partial charge in [0.15, 0.2) is 0 Å². The highest BCUT2D eigenvalue weighted by molar-refractivity contribution is 5.79. The Kier molecular flexibility index (Phi) is 10.7. The maximum absolute atomic E-state index is 11.8. The van der Waals surface area contributed by atoms with E-state index in [1.54, 1.807) is 14.2 Å². The summed E-state index contributed by atoms with van der Waals surface area (Å²) in [4.78, 5) is 16.5. The number of rotatable bonds is 13. The van der Waals surface area contributed by atoms with Crippen molar-refractivity contribution < 1.29 is 14.3 Å². The standard InChI is InChI=1S/C35H46N4O3/c1-6-39(32-15-17-34(40)37-27(32)3)24-30-26(2)11-10-13-28(30)12-8-7-9-20-38-21-18-35(25-36,19-22-38)31-23-29(41-4)14-16-33(31)42-5/h6,10-11,13-14,16,23,32H,1,3,7-9,12,15,17-22,24H2,2,4-5H3,(H,37,40). The maximum Gasteiger partial charge on any atom is 0.224 e. The summed E-state index contributed by atoms with van der Waals surface area (Å²) in [6.07, 6.45) is 9.21. The molecule has 2 fully saturated rings. The molecule has 2 aliphatic rings. The van der Waals surface area contributed by atoms with Crippen LogP contribution in [0.1, 0.15) is 67.2 Å². The van der Waals surface area contributed by atoms with Gasteiger partial charge in [-0.15, -0.1) is 0 Å². The van der Waals surface area contributed by atoms with Crippen LogP contribution in [0.15, 0.2) is 61.5 Å². The van der Waals surface area contributed by atoms with Crippen LogP contribution in [0, 0.1) is 18.3 Å². The first kappa shape index (κ1) is 31.2. The number of unbranched alkanes of at least 4 members (excludes halogenated alkanes) is 2. The van der Waals surface area contributed by atoms with Gasteiger partial charge in [-0.2, -0.15) is 5.26 Å². The number of aryl methyl sites for hydroxylation is 2. The Labute approximate surface area is 251 Å². The van der Waals surface area contributed by atoms with Crippen LogP contribution in [0.25, 0.3) is 0 Å². The fraction of sp³-hybridized carbons (Fsp3) is 0.486. The zero-order valence-corrected chi connectivity index (χ0v) is 25.6. The number of nitrogens with one attached hydrogen (secondary N) is 1. The van der Waals surface area contributed by atoms with Crippen LogP contribution < -0.4 is 14.8 Å². The number of nitrogens with zero attached hydrogens (tertiary/aromatic N) is 3. The molecule has 0 bridgehead atoms. The maximum atomic E-state index is 11.8. The Morgan fingerprint density at radius 2 is 1.95 bits per heavy atom. The molecule has 2 aromatic rings. The molecule has 1 N–H and O–H groups in total. The fourth-order valence-corrected chi connectivity index (χ4v) is 6.46. The highest BCUT2D eigenvalue weighted by atomic mass is 16.5. The number of piperidine rings is 2. The summed E-state index contributed by atoms with van der Waals surface area (Å²) in [5.41, 5.74) is 5.16. The summed E-state index contributed by atoms with van der Waals surface area (Å²) in [5, 5.41) is 13.1. The van der Waals surface area contributed by atoms with Crippen LogP contribution in [0.3, 0.4) is 0 Å². The molecule has 4 rings (SSSR count). The first-order chi connectivity index (χ1) is 20.3. The molecule has 0 aliphatic carbocycles. The van der Waals surface area contributed by atoms with Gasteiger partial charge >= 0.3 is 0 Å². The largest absolute Gasteiger partial charge is 0.497 e. The van der Waals surface area contributed by atoms with Gasteiger partial charge in [-0.3, -0.25) is 4.79 Å². The van der Waals surface area contributed by atoms with Gasteiger partial charge in [0.1, 0.15) is 11.5 Å². The number of benzene rings is 2. The number of amides is 1. The van der Waals surface area contributed by atoms with Crippen LogP contribution in [0.5, 0.6) is 11.5 Å². The number of methoxy groups -OCH3 is 2. The van der Waals surface area contributed by atoms with E-state index in [-0.39, 0.29) is 11.9 Å². The minimum atomic E-state index is -0.549. The second-order valence-electron chi connectivity index (χ2n) is 11.6. The number of carbonyl (C=O) groups is 1. The average molecular weight is 571 g/mol. The van der Waals surface area contributed by atoms with E-state index in [2.05, 4.69) is 59.5 Å². The molecule has 0 saturated carbocycles. The smallest absolute Gasteiger partial charge is 0.224 e. The Bertz CT molecular complexity index is 1310. The summed E-state index contributed by atoms with van der Waals surface area (Å²) in [6.45, 7) is 14.0. The molecular formula is C35H46N4O3. The summed E-state index contributed by atoms with van der Waals surface area (Å²) in [7, 11) is 3.31. The molecule has 7 nitrogen and oxygen atoms in total. The van der Waals surface area contributed by atoms with Gasteiger partial charge in [-0.05, 0) is 106 Å². The van der Waals surface area contributed by atoms with E-state index < -0.39 is 5.41 Å². The van der Waals surface area contributed by atoms with Crippen molar-refractivity contribution in [3.05, 3.63) is 83.7 Å². The van der Waals surface area contributed by atoms with Gasteiger partial charge in [-0.25, -0.2) is 0 Å². The van der Waals surface area contributed by atoms with E-state index in [1.807, 2.05) is 24.4 Å². The van der Waals surface area contributed by atoms with Crippen molar-refractivity contribution in [1.29, 1.82) is 5.26 Å². The first-order valence-corrected chi connectivity index (χ1v) is 15.1. The zero-order chi connectivity index (χ0) is 30.1. The summed E-state index contributed by atoms with van der Waals surface area (Å²) in [5.74, 6) is 1.56. The number of likely N-dealkylation sites (tertiary alicyclic amines) is 1. The van der Waals surface area contributed by atoms with Crippen molar-refractivity contribution in [2.75, 3.05) is 33.9 Å². The second-order valence-corrected chi connectivity index (χ2v) is 11.6. The van der Waals surface area contributed by atoms with Crippen LogP contribution in [-0.4, -0.2) is 55.6 Å². The molecule has 2 heterocycles. The van der Waals surface area contributed by atoms with Gasteiger partial charge < -0.3 is 24.6 Å². The van der Waals surface area contributed by atoms with E-state index in [4.69, 9.17) is 9.47 Å². The monoisotopic (exact) mass is 570 g/mol. The van der Waals surface area contributed by atoms with Crippen molar-refractivity contribution in [3.63, 3.8) is 0 Å². The topological polar surface area (TPSA) is 77.8 Å². The summed E-state index contributed by atoms with van der Waals surface area (Å²) in [6, 6.07) is 15.0. The van der Waals surface area contributed by atoms with E-state index in [9.17, 15) is 10.1 Å². The normalized spacial score (nSPS) is 18.6. The molecular weight excluding hydrogens is 524 g/mol. The number of ether oxygens (including phenoxy) is 2. The highest BCUT2D eigenvalue weighted by Gasteiger charge is 2.39. The molecule has 2 saturated heterocycles. The third-order valence-electron chi connectivity index (χ3n) is 9.10. The van der Waals surface area contributed by atoms with Gasteiger partial charge in [0.05, 0.1) is 31.7 Å². The minimum absolute atomic E-state index is 0.0443. The van der Waals surface area contributed by atoms with Crippen LogP contribution in [0.4, 0.5) is 0 Å². The number of hydrogen-bond acceptors (Lipinski definition) is 6. The molecule has 0 radical (unpaired) electrons. The second kappa shape index (κ2) is 14.4. The summed E-state index contributed by atoms with van der Waals surface area (Å²) < 4.78 is 11.1. The van der Waals surface area contributed by atoms with E-state index in [1.165, 1.54) is 16.7 Å². The average Bonchev–Trinajstić information content (AvgIpc) is 3.01. The molecule has 7 heteroatoms. The molecule has 224 valence electrons. The van der Waals surface area contributed by atoms with E-state index in [0.717, 1.165) is 93.9 Å². The molecule has 1 unspecified atom stereocenters. The van der Waals surface area contributed by atoms with Crippen molar-refractivity contribution in [2.45, 2.75) is 76.3 Å². The minimum Gasteiger partial charge on any atom is -0.497 e. The molecule has 1 atom stereocenters. The van der Waals surface area contributed by atoms with Crippen molar-refractivity contribution in [1.82, 2.24) is 15.1 Å². The lowest BCUT2D eigenvalue weighted by molar-refractivity contribution is -0.121. The number of carbonyl (C=O) groups excluding carboxylic acids is 1. The third-order valence-corrected chi connectivity index (χ3v) is 9.10. The molecule has 2 aromatic carbocycles. The summed E-state index contributed by atoms with van der Waals surface area (Å²) >= 11 is 0. The van der Waals surface area contributed by atoms with Crippen LogP contribution in [0.2, 0.25) is 0 Å². The third kappa shape index (κ3) is 7.17. The Balaban J connectivity index is 1.28. The first-order valence-electron chi connectivity index (χ1n) is 15.1. The molecule has 0 aromatic heterocycles. The lowest BCUT2D eigenvalue weighted by atomic mass is 9.73. The Morgan fingerprint density at radius 1 is 1.17 bits per heavy atom. The van der Waals surface area contributed by atoms with Crippen LogP contribution >= 0.6 is 0 Å². The fourth-order valence-electron chi connectivity index (χ4n) is 6.46. The van der Waals surface area contributed by atoms with Gasteiger partial charge in [0.25, 0.3) is 0 Å². The van der Waals surface area contributed by atoms with Crippen molar-refractivity contribution in [3.8, 4) is 17.6 Å². The number of nitriles is 1. The number of hydrogen-bond donors (Lipinski definition) is 1. The molecule has 1 amide bonds. The van der Waals surface area contributed by atoms with E-state index in [0.29, 0.717) is 6.42 Å². The Hall–Kier alpha value is -3.76. The quantitative estimate of drug-likeness (QED) is 0.297. The van der Waals surface area contributed by atoms with Crippen LogP contribution in [-0.2, 0) is 23.2 Å². The van der Waals surface area contributed by atoms with Gasteiger partial charge in [0, 0.05) is 24.2 Å². The molecule has 2 aliphatic heterocycles. The molecule has 42 heavy (non-hydrogen) atoms. The predicted molar refractivity (Wildman–Crippen MR) is 167 cm³/mol. The lowest BCUT2D eigenvalue weighted by Gasteiger charge is -2.38. The van der Waals surface area contributed by atoms with Gasteiger partial charge in [0.2, 0.25) is 5.91 Å². The highest BCUT2D eigenvalue weighted by Crippen LogP contribution is 2.41. The predicted octanol–water partition coefficient (Wildman–Crippen LogP) is 6.02. The zero-order valence-electron chi connectivity index (χ0n) is 25.6. The Morgan fingerprint density at radius 3 is 2.62 bits per heavy atom. The molecule has 0 spiro atoms. The van der Waals surface area contributed by atoms with Crippen molar-refractivity contribution in [2.24, 2.45) is 0 Å². The van der Waals surface area contributed by atoms with E-state index >= 15 is 0 Å². The lowest BCUT2D eigenvalue weighted by Crippen LogP contribution is -2.43. The SMILES string of the molecule is C=CN(Cc1c(C)cccc1CCCCCN1CCC(C#N)(c2cc(OC)ccc2OC)CC1)C1CCC(=O)NC1=C. The van der Waals surface area contributed by atoms with Gasteiger partial charge in [-0.1, -0.05) is 37.8 Å².